The fourth-order valence-electron chi connectivity index (χ4n) is 2.96. The van der Waals surface area contributed by atoms with Crippen molar-refractivity contribution in [3.63, 3.8) is 0 Å². The van der Waals surface area contributed by atoms with Crippen molar-refractivity contribution in [3.8, 4) is 11.5 Å². The minimum Gasteiger partial charge on any atom is -0.486 e. The molecule has 1 saturated heterocycles. The molecule has 23 heavy (non-hydrogen) atoms. The standard InChI is InChI=1S/C16H21NO6/c1-2-17(11-8-21-9-12(18)14(11)19)16(20)10-4-3-5-13-15(10)23-7-6-22-13/h3-5,11-12,14,18-19H,2,6-9H2,1H3/t11-,12-,14+/m1/s1. The Morgan fingerprint density at radius 3 is 2.83 bits per heavy atom. The normalized spacial score (nSPS) is 26.7. The lowest BCUT2D eigenvalue weighted by Crippen LogP contribution is -2.57. The van der Waals surface area contributed by atoms with Crippen LogP contribution in [0.3, 0.4) is 0 Å². The molecule has 126 valence electrons. The van der Waals surface area contributed by atoms with Gasteiger partial charge in [-0.25, -0.2) is 0 Å². The third-order valence-corrected chi connectivity index (χ3v) is 4.16. The number of likely N-dealkylation sites (N-methyl/N-ethyl adjacent to an activating group) is 1. The molecule has 1 amide bonds. The van der Waals surface area contributed by atoms with Crippen molar-refractivity contribution in [2.45, 2.75) is 25.2 Å². The Hall–Kier alpha value is -1.83. The highest BCUT2D eigenvalue weighted by Gasteiger charge is 2.38. The molecule has 0 saturated carbocycles. The monoisotopic (exact) mass is 323 g/mol. The summed E-state index contributed by atoms with van der Waals surface area (Å²) in [5.41, 5.74) is 0.385. The fourth-order valence-corrected chi connectivity index (χ4v) is 2.96. The summed E-state index contributed by atoms with van der Waals surface area (Å²) in [7, 11) is 0. The van der Waals surface area contributed by atoms with Crippen molar-refractivity contribution in [2.24, 2.45) is 0 Å². The smallest absolute Gasteiger partial charge is 0.258 e. The van der Waals surface area contributed by atoms with E-state index in [1.807, 2.05) is 6.92 Å². The molecule has 1 aromatic rings. The number of para-hydroxylation sites is 1. The summed E-state index contributed by atoms with van der Waals surface area (Å²) >= 11 is 0. The van der Waals surface area contributed by atoms with Crippen LogP contribution in [-0.4, -0.2) is 72.2 Å². The summed E-state index contributed by atoms with van der Waals surface area (Å²) in [4.78, 5) is 14.4. The number of amides is 1. The van der Waals surface area contributed by atoms with Gasteiger partial charge < -0.3 is 29.3 Å². The SMILES string of the molecule is CCN(C(=O)c1cccc2c1OCCO2)[C@@H]1COC[C@@H](O)[C@H]1O. The number of ether oxygens (including phenoxy) is 3. The largest absolute Gasteiger partial charge is 0.486 e. The molecule has 2 aliphatic rings. The van der Waals surface area contributed by atoms with Crippen molar-refractivity contribution in [3.05, 3.63) is 23.8 Å². The average Bonchev–Trinajstić information content (AvgIpc) is 2.58. The molecule has 2 N–H and O–H groups in total. The molecule has 0 bridgehead atoms. The van der Waals surface area contributed by atoms with Crippen LogP contribution in [-0.2, 0) is 4.74 Å². The minimum atomic E-state index is -1.04. The summed E-state index contributed by atoms with van der Waals surface area (Å²) in [5.74, 6) is 0.684. The van der Waals surface area contributed by atoms with E-state index >= 15 is 0 Å². The molecule has 2 heterocycles. The highest BCUT2D eigenvalue weighted by molar-refractivity contribution is 5.98. The Morgan fingerprint density at radius 1 is 1.26 bits per heavy atom. The second-order valence-corrected chi connectivity index (χ2v) is 5.58. The number of carbonyl (C=O) groups is 1. The lowest BCUT2D eigenvalue weighted by atomic mass is 10.0. The van der Waals surface area contributed by atoms with Crippen molar-refractivity contribution < 1.29 is 29.2 Å². The maximum absolute atomic E-state index is 12.9. The molecule has 2 aliphatic heterocycles. The van der Waals surface area contributed by atoms with E-state index in [1.54, 1.807) is 18.2 Å². The number of fused-ring (bicyclic) bond motifs is 1. The minimum absolute atomic E-state index is 0.0705. The zero-order valence-electron chi connectivity index (χ0n) is 13.0. The van der Waals surface area contributed by atoms with E-state index in [-0.39, 0.29) is 19.1 Å². The second-order valence-electron chi connectivity index (χ2n) is 5.58. The van der Waals surface area contributed by atoms with Gasteiger partial charge in [0.2, 0.25) is 0 Å². The van der Waals surface area contributed by atoms with Crippen molar-refractivity contribution in [1.29, 1.82) is 0 Å². The van der Waals surface area contributed by atoms with Gasteiger partial charge in [0.1, 0.15) is 25.4 Å². The summed E-state index contributed by atoms with van der Waals surface area (Å²) < 4.78 is 16.4. The Bertz CT molecular complexity index is 578. The predicted octanol–water partition coefficient (Wildman–Crippen LogP) is 0.0405. The lowest BCUT2D eigenvalue weighted by molar-refractivity contribution is -0.125. The Balaban J connectivity index is 1.89. The lowest BCUT2D eigenvalue weighted by Gasteiger charge is -2.39. The highest BCUT2D eigenvalue weighted by atomic mass is 16.6. The third-order valence-electron chi connectivity index (χ3n) is 4.16. The number of rotatable bonds is 3. The van der Waals surface area contributed by atoms with Crippen LogP contribution in [0.25, 0.3) is 0 Å². The second kappa shape index (κ2) is 6.74. The number of benzene rings is 1. The molecule has 3 rings (SSSR count). The molecule has 1 fully saturated rings. The number of hydrogen-bond acceptors (Lipinski definition) is 6. The molecule has 0 aliphatic carbocycles. The first-order chi connectivity index (χ1) is 11.1. The number of aliphatic hydroxyl groups excluding tert-OH is 2. The Labute approximate surface area is 134 Å². The average molecular weight is 323 g/mol. The zero-order chi connectivity index (χ0) is 16.4. The molecule has 0 spiro atoms. The molecule has 7 nitrogen and oxygen atoms in total. The molecule has 0 unspecified atom stereocenters. The molecule has 1 aromatic carbocycles. The van der Waals surface area contributed by atoms with Crippen molar-refractivity contribution >= 4 is 5.91 Å². The molecule has 0 radical (unpaired) electrons. The number of nitrogens with zero attached hydrogens (tertiary/aromatic N) is 1. The van der Waals surface area contributed by atoms with Gasteiger partial charge in [0.15, 0.2) is 11.5 Å². The van der Waals surface area contributed by atoms with Crippen LogP contribution < -0.4 is 9.47 Å². The van der Waals surface area contributed by atoms with Crippen LogP contribution >= 0.6 is 0 Å². The van der Waals surface area contributed by atoms with Gasteiger partial charge in [-0.05, 0) is 19.1 Å². The van der Waals surface area contributed by atoms with E-state index in [2.05, 4.69) is 0 Å². The van der Waals surface area contributed by atoms with Crippen LogP contribution in [0.1, 0.15) is 17.3 Å². The number of aliphatic hydroxyl groups is 2. The highest BCUT2D eigenvalue weighted by Crippen LogP contribution is 2.34. The Morgan fingerprint density at radius 2 is 2.04 bits per heavy atom. The van der Waals surface area contributed by atoms with Crippen LogP contribution in [0.5, 0.6) is 11.5 Å². The van der Waals surface area contributed by atoms with Gasteiger partial charge in [-0.15, -0.1) is 0 Å². The van der Waals surface area contributed by atoms with E-state index in [0.29, 0.717) is 36.8 Å². The quantitative estimate of drug-likeness (QED) is 0.817. The van der Waals surface area contributed by atoms with Crippen molar-refractivity contribution in [1.82, 2.24) is 4.90 Å². The summed E-state index contributed by atoms with van der Waals surface area (Å²) in [6.07, 6.45) is -2.04. The third kappa shape index (κ3) is 2.99. The van der Waals surface area contributed by atoms with Gasteiger partial charge in [0, 0.05) is 6.54 Å². The van der Waals surface area contributed by atoms with E-state index < -0.39 is 18.2 Å². The first-order valence-corrected chi connectivity index (χ1v) is 7.77. The predicted molar refractivity (Wildman–Crippen MR) is 80.8 cm³/mol. The maximum atomic E-state index is 12.9. The summed E-state index contributed by atoms with van der Waals surface area (Å²) in [5, 5.41) is 20.0. The van der Waals surface area contributed by atoms with Gasteiger partial charge in [0.05, 0.1) is 24.8 Å². The number of hydrogen-bond donors (Lipinski definition) is 2. The first-order valence-electron chi connectivity index (χ1n) is 7.77. The van der Waals surface area contributed by atoms with Crippen LogP contribution in [0.4, 0.5) is 0 Å². The summed E-state index contributed by atoms with van der Waals surface area (Å²) in [6.45, 7) is 3.28. The van der Waals surface area contributed by atoms with E-state index in [9.17, 15) is 15.0 Å². The van der Waals surface area contributed by atoms with Gasteiger partial charge in [0.25, 0.3) is 5.91 Å². The van der Waals surface area contributed by atoms with E-state index in [1.165, 1.54) is 4.90 Å². The molecule has 7 heteroatoms. The van der Waals surface area contributed by atoms with Gasteiger partial charge in [-0.3, -0.25) is 4.79 Å². The number of carbonyl (C=O) groups excluding carboxylic acids is 1. The molecular formula is C16H21NO6. The van der Waals surface area contributed by atoms with E-state index in [4.69, 9.17) is 14.2 Å². The summed E-state index contributed by atoms with van der Waals surface area (Å²) in [6, 6.07) is 4.56. The van der Waals surface area contributed by atoms with Crippen LogP contribution in [0.15, 0.2) is 18.2 Å². The van der Waals surface area contributed by atoms with Crippen molar-refractivity contribution in [2.75, 3.05) is 33.0 Å². The molecule has 3 atom stereocenters. The van der Waals surface area contributed by atoms with Gasteiger partial charge in [-0.2, -0.15) is 0 Å². The van der Waals surface area contributed by atoms with Crippen LogP contribution in [0.2, 0.25) is 0 Å². The van der Waals surface area contributed by atoms with Gasteiger partial charge >= 0.3 is 0 Å². The molecule has 0 aromatic heterocycles. The van der Waals surface area contributed by atoms with E-state index in [0.717, 1.165) is 0 Å². The fraction of sp³-hybridized carbons (Fsp3) is 0.562. The topological polar surface area (TPSA) is 88.5 Å². The maximum Gasteiger partial charge on any atom is 0.258 e. The first kappa shape index (κ1) is 16.0. The Kier molecular flexibility index (Phi) is 4.70. The van der Waals surface area contributed by atoms with Crippen LogP contribution in [0, 0.1) is 0 Å². The zero-order valence-corrected chi connectivity index (χ0v) is 13.0. The van der Waals surface area contributed by atoms with Gasteiger partial charge in [-0.1, -0.05) is 6.07 Å². The molecular weight excluding hydrogens is 302 g/mol.